The van der Waals surface area contributed by atoms with Gasteiger partial charge in [0.15, 0.2) is 0 Å². The molecule has 0 radical (unpaired) electrons. The number of amides is 2. The van der Waals surface area contributed by atoms with Crippen molar-refractivity contribution in [2.45, 2.75) is 38.3 Å². The highest BCUT2D eigenvalue weighted by Crippen LogP contribution is 2.26. The maximum absolute atomic E-state index is 13.1. The summed E-state index contributed by atoms with van der Waals surface area (Å²) in [6.45, 7) is 6.47. The van der Waals surface area contributed by atoms with E-state index in [0.717, 1.165) is 0 Å². The van der Waals surface area contributed by atoms with Crippen LogP contribution in [0.25, 0.3) is 0 Å². The molecule has 0 spiro atoms. The summed E-state index contributed by atoms with van der Waals surface area (Å²) in [5.74, 6) is -0.774. The number of methoxy groups -OCH3 is 1. The maximum Gasteiger partial charge on any atom is 0.309 e. The molecule has 0 aliphatic carbocycles. The summed E-state index contributed by atoms with van der Waals surface area (Å²) < 4.78 is 38.2. The molecule has 10 heteroatoms. The van der Waals surface area contributed by atoms with E-state index < -0.39 is 28.1 Å². The summed E-state index contributed by atoms with van der Waals surface area (Å²) in [7, 11) is -2.33. The molecule has 1 heterocycles. The van der Waals surface area contributed by atoms with Gasteiger partial charge in [0.2, 0.25) is 10.0 Å². The summed E-state index contributed by atoms with van der Waals surface area (Å²) >= 11 is 0. The van der Waals surface area contributed by atoms with Crippen molar-refractivity contribution in [1.82, 2.24) is 14.9 Å². The van der Waals surface area contributed by atoms with Gasteiger partial charge in [-0.25, -0.2) is 8.42 Å². The molecule has 1 fully saturated rings. The first-order valence-corrected chi connectivity index (χ1v) is 10.9. The quantitative estimate of drug-likeness (QED) is 0.617. The smallest absolute Gasteiger partial charge is 0.309 e. The lowest BCUT2D eigenvalue weighted by molar-refractivity contribution is -0.140. The van der Waals surface area contributed by atoms with Crippen LogP contribution in [0.15, 0.2) is 23.1 Å². The first-order chi connectivity index (χ1) is 13.7. The van der Waals surface area contributed by atoms with Crippen molar-refractivity contribution in [3.8, 4) is 5.75 Å². The predicted octanol–water partition coefficient (Wildman–Crippen LogP) is 0.629. The largest absolute Gasteiger partial charge is 0.496 e. The van der Waals surface area contributed by atoms with Crippen LogP contribution in [0, 0.1) is 12.8 Å². The van der Waals surface area contributed by atoms with Crippen LogP contribution in [0.2, 0.25) is 0 Å². The molecule has 1 unspecified atom stereocenters. The lowest BCUT2D eigenvalue weighted by Gasteiger charge is -2.34. The van der Waals surface area contributed by atoms with Gasteiger partial charge in [-0.1, -0.05) is 13.8 Å². The van der Waals surface area contributed by atoms with E-state index in [-0.39, 0.29) is 23.9 Å². The molecular weight excluding hydrogens is 398 g/mol. The normalized spacial score (nSPS) is 17.8. The number of ether oxygens (including phenoxy) is 2. The second kappa shape index (κ2) is 10.0. The van der Waals surface area contributed by atoms with Crippen LogP contribution in [0.3, 0.4) is 0 Å². The minimum absolute atomic E-state index is 0.118. The van der Waals surface area contributed by atoms with Crippen molar-refractivity contribution in [2.24, 2.45) is 5.92 Å². The minimum atomic E-state index is -3.85. The Morgan fingerprint density at radius 1 is 1.28 bits per heavy atom. The van der Waals surface area contributed by atoms with Crippen LogP contribution in [0.5, 0.6) is 5.75 Å². The molecule has 0 saturated carbocycles. The first kappa shape index (κ1) is 23.1. The number of sulfonamides is 1. The van der Waals surface area contributed by atoms with E-state index in [1.54, 1.807) is 13.0 Å². The number of rotatable bonds is 7. The Balaban J connectivity index is 2.09. The first-order valence-electron chi connectivity index (χ1n) is 9.51. The van der Waals surface area contributed by atoms with E-state index >= 15 is 0 Å². The van der Waals surface area contributed by atoms with Crippen molar-refractivity contribution in [3.63, 3.8) is 0 Å². The van der Waals surface area contributed by atoms with Gasteiger partial charge in [-0.15, -0.1) is 0 Å². The molecule has 1 saturated heterocycles. The third-order valence-corrected chi connectivity index (χ3v) is 6.33. The van der Waals surface area contributed by atoms with Crippen molar-refractivity contribution >= 4 is 21.8 Å². The Bertz CT molecular complexity index is 840. The van der Waals surface area contributed by atoms with E-state index in [0.29, 0.717) is 30.9 Å². The van der Waals surface area contributed by atoms with Gasteiger partial charge in [-0.3, -0.25) is 9.59 Å². The fourth-order valence-electron chi connectivity index (χ4n) is 2.89. The molecule has 1 aliphatic rings. The number of carbonyl (C=O) groups is 2. The van der Waals surface area contributed by atoms with Gasteiger partial charge in [0, 0.05) is 13.1 Å². The SMILES string of the molecule is COc1ccc(S(=O)(=O)N2CCCOC2CNC(=O)C(=O)NCC(C)C)cc1C. The summed E-state index contributed by atoms with van der Waals surface area (Å²) in [5, 5.41) is 4.98. The fourth-order valence-corrected chi connectivity index (χ4v) is 4.54. The lowest BCUT2D eigenvalue weighted by Crippen LogP contribution is -2.53. The highest BCUT2D eigenvalue weighted by Gasteiger charge is 2.35. The number of aryl methyl sites for hydroxylation is 1. The Morgan fingerprint density at radius 3 is 2.59 bits per heavy atom. The summed E-state index contributed by atoms with van der Waals surface area (Å²) in [6.07, 6.45) is -0.355. The molecule has 162 valence electrons. The van der Waals surface area contributed by atoms with Crippen molar-refractivity contribution < 1.29 is 27.5 Å². The average Bonchev–Trinajstić information content (AvgIpc) is 2.70. The minimum Gasteiger partial charge on any atom is -0.496 e. The Labute approximate surface area is 171 Å². The van der Waals surface area contributed by atoms with Gasteiger partial charge in [0.1, 0.15) is 12.0 Å². The van der Waals surface area contributed by atoms with Crippen LogP contribution < -0.4 is 15.4 Å². The molecule has 1 atom stereocenters. The van der Waals surface area contributed by atoms with Gasteiger partial charge >= 0.3 is 11.8 Å². The van der Waals surface area contributed by atoms with Gasteiger partial charge in [-0.2, -0.15) is 4.31 Å². The van der Waals surface area contributed by atoms with E-state index in [1.807, 2.05) is 13.8 Å². The van der Waals surface area contributed by atoms with Crippen LogP contribution >= 0.6 is 0 Å². The highest BCUT2D eigenvalue weighted by atomic mass is 32.2. The standard InChI is InChI=1S/C19H29N3O6S/c1-13(2)11-20-18(23)19(24)21-12-17-22(8-5-9-28-17)29(25,26)15-6-7-16(27-4)14(3)10-15/h6-7,10,13,17H,5,8-9,11-12H2,1-4H3,(H,20,23)(H,21,24). The summed E-state index contributed by atoms with van der Waals surface area (Å²) in [6, 6.07) is 4.62. The van der Waals surface area contributed by atoms with E-state index in [4.69, 9.17) is 9.47 Å². The molecule has 1 aliphatic heterocycles. The molecule has 29 heavy (non-hydrogen) atoms. The molecule has 9 nitrogen and oxygen atoms in total. The molecule has 2 N–H and O–H groups in total. The third kappa shape index (κ3) is 5.91. The number of hydrogen-bond acceptors (Lipinski definition) is 6. The van der Waals surface area contributed by atoms with Crippen molar-refractivity contribution in [2.75, 3.05) is 33.4 Å². The van der Waals surface area contributed by atoms with Crippen molar-refractivity contribution in [1.29, 1.82) is 0 Å². The molecule has 1 aromatic carbocycles. The molecule has 2 amide bonds. The Morgan fingerprint density at radius 2 is 1.97 bits per heavy atom. The third-order valence-electron chi connectivity index (χ3n) is 4.44. The number of hydrogen-bond donors (Lipinski definition) is 2. The number of benzene rings is 1. The van der Waals surface area contributed by atoms with E-state index in [2.05, 4.69) is 10.6 Å². The van der Waals surface area contributed by atoms with Gasteiger partial charge in [0.25, 0.3) is 0 Å². The fraction of sp³-hybridized carbons (Fsp3) is 0.579. The predicted molar refractivity (Wildman–Crippen MR) is 107 cm³/mol. The topological polar surface area (TPSA) is 114 Å². The zero-order chi connectivity index (χ0) is 21.6. The van der Waals surface area contributed by atoms with Gasteiger partial charge < -0.3 is 20.1 Å². The summed E-state index contributed by atoms with van der Waals surface area (Å²) in [5.41, 5.74) is 0.693. The second-order valence-electron chi connectivity index (χ2n) is 7.24. The molecule has 0 bridgehead atoms. The lowest BCUT2D eigenvalue weighted by atomic mass is 10.2. The Kier molecular flexibility index (Phi) is 8.00. The summed E-state index contributed by atoms with van der Waals surface area (Å²) in [4.78, 5) is 23.9. The second-order valence-corrected chi connectivity index (χ2v) is 9.13. The van der Waals surface area contributed by atoms with Crippen LogP contribution in [0.4, 0.5) is 0 Å². The maximum atomic E-state index is 13.1. The number of nitrogens with one attached hydrogen (secondary N) is 2. The van der Waals surface area contributed by atoms with Gasteiger partial charge in [0.05, 0.1) is 25.2 Å². The molecule has 1 aromatic rings. The van der Waals surface area contributed by atoms with E-state index in [9.17, 15) is 18.0 Å². The number of nitrogens with zero attached hydrogens (tertiary/aromatic N) is 1. The zero-order valence-corrected chi connectivity index (χ0v) is 18.0. The highest BCUT2D eigenvalue weighted by molar-refractivity contribution is 7.89. The zero-order valence-electron chi connectivity index (χ0n) is 17.2. The Hall–Kier alpha value is -2.17. The van der Waals surface area contributed by atoms with Crippen LogP contribution in [-0.4, -0.2) is 64.1 Å². The number of carbonyl (C=O) groups excluding carboxylic acids is 2. The van der Waals surface area contributed by atoms with Crippen LogP contribution in [-0.2, 0) is 24.3 Å². The monoisotopic (exact) mass is 427 g/mol. The van der Waals surface area contributed by atoms with E-state index in [1.165, 1.54) is 23.5 Å². The van der Waals surface area contributed by atoms with Gasteiger partial charge in [-0.05, 0) is 43.0 Å². The molecule has 2 rings (SSSR count). The molecular formula is C19H29N3O6S. The average molecular weight is 428 g/mol. The van der Waals surface area contributed by atoms with Crippen LogP contribution in [0.1, 0.15) is 25.8 Å². The van der Waals surface area contributed by atoms with Crippen molar-refractivity contribution in [3.05, 3.63) is 23.8 Å². The molecule has 0 aromatic heterocycles.